The second kappa shape index (κ2) is 8.59. The normalized spacial score (nSPS) is 23.4. The van der Waals surface area contributed by atoms with E-state index in [0.29, 0.717) is 35.6 Å². The van der Waals surface area contributed by atoms with E-state index in [1.165, 1.54) is 6.26 Å². The first-order valence-electron chi connectivity index (χ1n) is 9.30. The van der Waals surface area contributed by atoms with E-state index in [2.05, 4.69) is 15.9 Å². The molecular formula is C22H18BrClO5. The highest BCUT2D eigenvalue weighted by atomic mass is 79.9. The van der Waals surface area contributed by atoms with E-state index in [1.54, 1.807) is 30.3 Å². The number of hydrogen-bond donors (Lipinski definition) is 0. The second-order valence-corrected chi connectivity index (χ2v) is 8.30. The van der Waals surface area contributed by atoms with Crippen molar-refractivity contribution in [3.63, 3.8) is 0 Å². The Morgan fingerprint density at radius 3 is 2.62 bits per heavy atom. The molecule has 0 radical (unpaired) electrons. The fourth-order valence-electron chi connectivity index (χ4n) is 3.57. The minimum Gasteiger partial charge on any atom is -0.493 e. The molecule has 3 unspecified atom stereocenters. The number of ether oxygens (including phenoxy) is 3. The lowest BCUT2D eigenvalue weighted by molar-refractivity contribution is -0.132. The zero-order valence-corrected chi connectivity index (χ0v) is 17.7. The van der Waals surface area contributed by atoms with Gasteiger partial charge >= 0.3 is 5.97 Å². The van der Waals surface area contributed by atoms with Crippen LogP contribution in [0.5, 0.6) is 5.75 Å². The van der Waals surface area contributed by atoms with Crippen molar-refractivity contribution < 1.29 is 23.8 Å². The highest BCUT2D eigenvalue weighted by Gasteiger charge is 2.42. The third-order valence-electron chi connectivity index (χ3n) is 5.08. The molecule has 4 rings (SSSR count). The maximum Gasteiger partial charge on any atom is 0.338 e. The van der Waals surface area contributed by atoms with Gasteiger partial charge in [-0.3, -0.25) is 4.79 Å². The molecule has 1 heterocycles. The zero-order valence-electron chi connectivity index (χ0n) is 15.3. The van der Waals surface area contributed by atoms with Gasteiger partial charge in [-0.1, -0.05) is 23.7 Å². The predicted molar refractivity (Wildman–Crippen MR) is 111 cm³/mol. The van der Waals surface area contributed by atoms with Gasteiger partial charge in [-0.15, -0.1) is 0 Å². The summed E-state index contributed by atoms with van der Waals surface area (Å²) in [5.74, 6) is -0.0438. The van der Waals surface area contributed by atoms with Crippen LogP contribution in [0, 0.1) is 5.92 Å². The Hall–Kier alpha value is -2.31. The molecule has 2 aromatic rings. The fourth-order valence-corrected chi connectivity index (χ4v) is 4.06. The highest BCUT2D eigenvalue weighted by molar-refractivity contribution is 9.10. The number of rotatable bonds is 4. The van der Waals surface area contributed by atoms with Crippen LogP contribution in [0.25, 0.3) is 0 Å². The van der Waals surface area contributed by atoms with E-state index in [9.17, 15) is 9.59 Å². The Morgan fingerprint density at radius 2 is 1.86 bits per heavy atom. The minimum absolute atomic E-state index is 0.0838. The number of esters is 1. The largest absolute Gasteiger partial charge is 0.493 e. The Balaban J connectivity index is 1.39. The smallest absolute Gasteiger partial charge is 0.338 e. The standard InChI is InChI=1S/C22H18BrClO5/c23-17-3-1-2-4-18(17)29-20-12-27-19-11-15(9-10-16(19)21(20)25)28-22(26)13-5-7-14(24)8-6-13/h1-8,12,15-16,19H,9-11H2. The quantitative estimate of drug-likeness (QED) is 0.558. The third-order valence-corrected chi connectivity index (χ3v) is 5.99. The van der Waals surface area contributed by atoms with Gasteiger partial charge in [0.25, 0.3) is 0 Å². The number of halogens is 2. The van der Waals surface area contributed by atoms with E-state index in [4.69, 9.17) is 25.8 Å². The van der Waals surface area contributed by atoms with Gasteiger partial charge in [0.05, 0.1) is 16.0 Å². The van der Waals surface area contributed by atoms with Gasteiger partial charge in [0, 0.05) is 11.4 Å². The first-order chi connectivity index (χ1) is 14.0. The maximum absolute atomic E-state index is 12.8. The number of hydrogen-bond acceptors (Lipinski definition) is 5. The molecule has 0 saturated heterocycles. The van der Waals surface area contributed by atoms with Crippen LogP contribution in [-0.4, -0.2) is 24.0 Å². The molecule has 5 nitrogen and oxygen atoms in total. The second-order valence-electron chi connectivity index (χ2n) is 7.01. The Morgan fingerprint density at radius 1 is 1.10 bits per heavy atom. The Bertz CT molecular complexity index is 956. The average molecular weight is 478 g/mol. The van der Waals surface area contributed by atoms with Crippen molar-refractivity contribution in [2.45, 2.75) is 31.5 Å². The monoisotopic (exact) mass is 476 g/mol. The van der Waals surface area contributed by atoms with Crippen molar-refractivity contribution in [3.05, 3.63) is 75.6 Å². The Kier molecular flexibility index (Phi) is 5.92. The summed E-state index contributed by atoms with van der Waals surface area (Å²) in [4.78, 5) is 25.2. The predicted octanol–water partition coefficient (Wildman–Crippen LogP) is 5.32. The molecule has 29 heavy (non-hydrogen) atoms. The van der Waals surface area contributed by atoms with Crippen LogP contribution in [0.1, 0.15) is 29.6 Å². The number of Topliss-reactive ketones (excluding diaryl/α,β-unsaturated/α-hetero) is 1. The summed E-state index contributed by atoms with van der Waals surface area (Å²) < 4.78 is 17.9. The summed E-state index contributed by atoms with van der Waals surface area (Å²) in [5.41, 5.74) is 0.446. The lowest BCUT2D eigenvalue weighted by Gasteiger charge is -2.36. The van der Waals surface area contributed by atoms with Gasteiger partial charge in [0.2, 0.25) is 11.5 Å². The van der Waals surface area contributed by atoms with Crippen molar-refractivity contribution >= 4 is 39.3 Å². The van der Waals surface area contributed by atoms with Crippen LogP contribution in [0.4, 0.5) is 0 Å². The summed E-state index contributed by atoms with van der Waals surface area (Å²) >= 11 is 9.26. The van der Waals surface area contributed by atoms with Gasteiger partial charge in [0.1, 0.15) is 24.2 Å². The number of carbonyl (C=O) groups excluding carboxylic acids is 2. The van der Waals surface area contributed by atoms with Crippen LogP contribution in [0.15, 0.2) is 65.0 Å². The molecule has 0 amide bonds. The molecular weight excluding hydrogens is 460 g/mol. The summed E-state index contributed by atoms with van der Waals surface area (Å²) in [5, 5.41) is 0.559. The third kappa shape index (κ3) is 4.49. The molecule has 150 valence electrons. The van der Waals surface area contributed by atoms with Crippen molar-refractivity contribution in [2.24, 2.45) is 5.92 Å². The zero-order chi connectivity index (χ0) is 20.4. The lowest BCUT2D eigenvalue weighted by atomic mass is 9.80. The van der Waals surface area contributed by atoms with E-state index < -0.39 is 5.97 Å². The Labute approximate surface area is 181 Å². The van der Waals surface area contributed by atoms with Gasteiger partial charge in [-0.2, -0.15) is 0 Å². The molecule has 1 aliphatic carbocycles. The van der Waals surface area contributed by atoms with Crippen LogP contribution in [0.3, 0.4) is 0 Å². The first kappa shape index (κ1) is 20.0. The summed E-state index contributed by atoms with van der Waals surface area (Å²) in [6.07, 6.45) is 2.37. The maximum atomic E-state index is 12.8. The SMILES string of the molecule is O=C(OC1CCC2C(=O)C(Oc3ccccc3Br)=COC2C1)c1ccc(Cl)cc1. The molecule has 0 bridgehead atoms. The van der Waals surface area contributed by atoms with E-state index in [-0.39, 0.29) is 29.7 Å². The molecule has 2 aliphatic rings. The summed E-state index contributed by atoms with van der Waals surface area (Å²) in [7, 11) is 0. The molecule has 3 atom stereocenters. The van der Waals surface area contributed by atoms with E-state index >= 15 is 0 Å². The van der Waals surface area contributed by atoms with Gasteiger partial charge in [0.15, 0.2) is 0 Å². The van der Waals surface area contributed by atoms with Crippen LogP contribution >= 0.6 is 27.5 Å². The summed E-state index contributed by atoms with van der Waals surface area (Å²) in [6.45, 7) is 0. The number of allylic oxidation sites excluding steroid dienone is 1. The van der Waals surface area contributed by atoms with Crippen molar-refractivity contribution in [1.82, 2.24) is 0 Å². The van der Waals surface area contributed by atoms with Gasteiger partial charge in [-0.05, 0) is 65.2 Å². The molecule has 1 saturated carbocycles. The number of para-hydroxylation sites is 1. The average Bonchev–Trinajstić information content (AvgIpc) is 2.72. The van der Waals surface area contributed by atoms with Crippen LogP contribution in [-0.2, 0) is 14.3 Å². The highest BCUT2D eigenvalue weighted by Crippen LogP contribution is 2.36. The molecule has 7 heteroatoms. The van der Waals surface area contributed by atoms with Gasteiger partial charge in [-0.25, -0.2) is 4.79 Å². The molecule has 1 aliphatic heterocycles. The van der Waals surface area contributed by atoms with Crippen molar-refractivity contribution in [3.8, 4) is 5.75 Å². The number of fused-ring (bicyclic) bond motifs is 1. The minimum atomic E-state index is -0.402. The van der Waals surface area contributed by atoms with E-state index in [1.807, 2.05) is 18.2 Å². The van der Waals surface area contributed by atoms with Crippen LogP contribution < -0.4 is 4.74 Å². The summed E-state index contributed by atoms with van der Waals surface area (Å²) in [6, 6.07) is 13.9. The molecule has 0 aromatic heterocycles. The van der Waals surface area contributed by atoms with Gasteiger partial charge < -0.3 is 14.2 Å². The molecule has 1 fully saturated rings. The number of benzene rings is 2. The number of carbonyl (C=O) groups is 2. The van der Waals surface area contributed by atoms with Crippen LogP contribution in [0.2, 0.25) is 5.02 Å². The molecule has 2 aromatic carbocycles. The topological polar surface area (TPSA) is 61.8 Å². The van der Waals surface area contributed by atoms with E-state index in [0.717, 1.165) is 4.47 Å². The fraction of sp³-hybridized carbons (Fsp3) is 0.273. The van der Waals surface area contributed by atoms with Crippen molar-refractivity contribution in [1.29, 1.82) is 0 Å². The first-order valence-corrected chi connectivity index (χ1v) is 10.5. The number of ketones is 1. The lowest BCUT2D eigenvalue weighted by Crippen LogP contribution is -2.43. The molecule has 0 N–H and O–H groups in total. The molecule has 0 spiro atoms. The van der Waals surface area contributed by atoms with Crippen molar-refractivity contribution in [2.75, 3.05) is 0 Å².